The minimum atomic E-state index is -0.484. The number of cyclic esters (lactones) is 1. The Kier molecular flexibility index (Phi) is 3.49. The number of ether oxygens (including phenoxy) is 1. The zero-order valence-electron chi connectivity index (χ0n) is 8.95. The van der Waals surface area contributed by atoms with Crippen molar-refractivity contribution in [3.8, 4) is 0 Å². The van der Waals surface area contributed by atoms with Crippen molar-refractivity contribution in [3.05, 3.63) is 0 Å². The first-order valence-electron chi connectivity index (χ1n) is 5.05. The Morgan fingerprint density at radius 3 is 2.79 bits per heavy atom. The van der Waals surface area contributed by atoms with Gasteiger partial charge in [-0.1, -0.05) is 20.8 Å². The lowest BCUT2D eigenvalue weighted by Gasteiger charge is -2.18. The van der Waals surface area contributed by atoms with Gasteiger partial charge in [0.25, 0.3) is 0 Å². The molecular weight excluding hydrogens is 182 g/mol. The molecular formula is C10H17NO3. The summed E-state index contributed by atoms with van der Waals surface area (Å²) in [6, 6.07) is -0.0613. The average molecular weight is 199 g/mol. The first-order valence-corrected chi connectivity index (χ1v) is 5.05. The van der Waals surface area contributed by atoms with Crippen LogP contribution in [0.2, 0.25) is 0 Å². The highest BCUT2D eigenvalue weighted by molar-refractivity contribution is 5.93. The summed E-state index contributed by atoms with van der Waals surface area (Å²) in [6.45, 7) is 6.21. The smallest absolute Gasteiger partial charge is 0.416 e. The Hall–Kier alpha value is -1.06. The number of nitrogens with zero attached hydrogens (tertiary/aromatic N) is 1. The molecule has 0 saturated carbocycles. The number of rotatable bonds is 3. The molecule has 0 aromatic rings. The second-order valence-electron chi connectivity index (χ2n) is 4.00. The maximum Gasteiger partial charge on any atom is 0.416 e. The molecule has 0 N–H and O–H groups in total. The number of hydrogen-bond acceptors (Lipinski definition) is 3. The molecule has 0 bridgehead atoms. The third-order valence-corrected chi connectivity index (χ3v) is 2.28. The molecule has 2 amide bonds. The molecule has 80 valence electrons. The van der Waals surface area contributed by atoms with Crippen molar-refractivity contribution in [2.75, 3.05) is 6.61 Å². The van der Waals surface area contributed by atoms with Gasteiger partial charge in [-0.2, -0.15) is 0 Å². The quantitative estimate of drug-likeness (QED) is 0.696. The summed E-state index contributed by atoms with van der Waals surface area (Å²) in [7, 11) is 0. The fourth-order valence-corrected chi connectivity index (χ4v) is 1.51. The summed E-state index contributed by atoms with van der Waals surface area (Å²) in [5, 5.41) is 0. The van der Waals surface area contributed by atoms with E-state index in [1.54, 1.807) is 0 Å². The summed E-state index contributed by atoms with van der Waals surface area (Å²) in [5.74, 6) is 0.155. The largest absolute Gasteiger partial charge is 0.447 e. The van der Waals surface area contributed by atoms with Gasteiger partial charge < -0.3 is 4.74 Å². The van der Waals surface area contributed by atoms with E-state index in [4.69, 9.17) is 4.74 Å². The minimum Gasteiger partial charge on any atom is -0.447 e. The SMILES string of the molecule is CCC1COC(=O)N1C(=O)CC(C)C. The van der Waals surface area contributed by atoms with E-state index in [0.717, 1.165) is 6.42 Å². The van der Waals surface area contributed by atoms with Gasteiger partial charge in [-0.25, -0.2) is 9.69 Å². The number of carbonyl (C=O) groups is 2. The second kappa shape index (κ2) is 4.44. The molecule has 1 rings (SSSR count). The van der Waals surface area contributed by atoms with Gasteiger partial charge in [-0.3, -0.25) is 4.79 Å². The van der Waals surface area contributed by atoms with Gasteiger partial charge in [0, 0.05) is 6.42 Å². The Morgan fingerprint density at radius 2 is 2.29 bits per heavy atom. The summed E-state index contributed by atoms with van der Waals surface area (Å²) >= 11 is 0. The van der Waals surface area contributed by atoms with Crippen LogP contribution in [0.5, 0.6) is 0 Å². The fourth-order valence-electron chi connectivity index (χ4n) is 1.51. The molecule has 4 nitrogen and oxygen atoms in total. The second-order valence-corrected chi connectivity index (χ2v) is 4.00. The predicted octanol–water partition coefficient (Wildman–Crippen LogP) is 1.79. The maximum atomic E-state index is 11.7. The van der Waals surface area contributed by atoms with Crippen LogP contribution in [0.4, 0.5) is 4.79 Å². The van der Waals surface area contributed by atoms with Crippen molar-refractivity contribution in [1.82, 2.24) is 4.90 Å². The zero-order valence-corrected chi connectivity index (χ0v) is 8.95. The standard InChI is InChI=1S/C10H17NO3/c1-4-8-6-14-10(13)11(8)9(12)5-7(2)3/h7-8H,4-6H2,1-3H3. The van der Waals surface area contributed by atoms with Gasteiger partial charge in [0.1, 0.15) is 6.61 Å². The topological polar surface area (TPSA) is 46.6 Å². The molecule has 1 aliphatic heterocycles. The molecule has 14 heavy (non-hydrogen) atoms. The normalized spacial score (nSPS) is 21.6. The highest BCUT2D eigenvalue weighted by Gasteiger charge is 2.36. The summed E-state index contributed by atoms with van der Waals surface area (Å²) in [6.07, 6.45) is 0.684. The minimum absolute atomic E-state index is 0.0613. The van der Waals surface area contributed by atoms with Gasteiger partial charge >= 0.3 is 6.09 Å². The molecule has 1 heterocycles. The lowest BCUT2D eigenvalue weighted by atomic mass is 10.1. The Labute approximate surface area is 84.2 Å². The van der Waals surface area contributed by atoms with Gasteiger partial charge in [0.2, 0.25) is 5.91 Å². The van der Waals surface area contributed by atoms with E-state index >= 15 is 0 Å². The summed E-state index contributed by atoms with van der Waals surface area (Å²) in [5.41, 5.74) is 0. The molecule has 1 saturated heterocycles. The van der Waals surface area contributed by atoms with E-state index in [0.29, 0.717) is 13.0 Å². The van der Waals surface area contributed by atoms with E-state index in [9.17, 15) is 9.59 Å². The maximum absolute atomic E-state index is 11.7. The first kappa shape index (κ1) is 11.0. The molecule has 1 fully saturated rings. The van der Waals surface area contributed by atoms with Crippen molar-refractivity contribution < 1.29 is 14.3 Å². The average Bonchev–Trinajstić information content (AvgIpc) is 2.45. The van der Waals surface area contributed by atoms with Crippen molar-refractivity contribution in [2.45, 2.75) is 39.7 Å². The van der Waals surface area contributed by atoms with Crippen LogP contribution < -0.4 is 0 Å². The van der Waals surface area contributed by atoms with Crippen molar-refractivity contribution in [1.29, 1.82) is 0 Å². The third kappa shape index (κ3) is 2.25. The Bertz CT molecular complexity index is 238. The van der Waals surface area contributed by atoms with E-state index < -0.39 is 6.09 Å². The Balaban J connectivity index is 2.64. The molecule has 4 heteroatoms. The number of imide groups is 1. The lowest BCUT2D eigenvalue weighted by molar-refractivity contribution is -0.129. The van der Waals surface area contributed by atoms with Crippen LogP contribution in [0.25, 0.3) is 0 Å². The fraction of sp³-hybridized carbons (Fsp3) is 0.800. The zero-order chi connectivity index (χ0) is 10.7. The van der Waals surface area contributed by atoms with Crippen molar-refractivity contribution >= 4 is 12.0 Å². The number of carbonyl (C=O) groups excluding carboxylic acids is 2. The molecule has 0 aromatic heterocycles. The molecule has 1 unspecified atom stereocenters. The van der Waals surface area contributed by atoms with Crippen LogP contribution in [0.3, 0.4) is 0 Å². The van der Waals surface area contributed by atoms with Crippen LogP contribution in [0, 0.1) is 5.92 Å². The van der Waals surface area contributed by atoms with Crippen LogP contribution in [-0.2, 0) is 9.53 Å². The number of amides is 2. The van der Waals surface area contributed by atoms with Crippen molar-refractivity contribution in [2.24, 2.45) is 5.92 Å². The van der Waals surface area contributed by atoms with Gasteiger partial charge in [-0.15, -0.1) is 0 Å². The van der Waals surface area contributed by atoms with Gasteiger partial charge in [-0.05, 0) is 12.3 Å². The van der Waals surface area contributed by atoms with Crippen molar-refractivity contribution in [3.63, 3.8) is 0 Å². The monoisotopic (exact) mass is 199 g/mol. The van der Waals surface area contributed by atoms with Crippen LogP contribution >= 0.6 is 0 Å². The molecule has 1 atom stereocenters. The van der Waals surface area contributed by atoms with E-state index in [1.165, 1.54) is 4.90 Å². The van der Waals surface area contributed by atoms with E-state index in [1.807, 2.05) is 20.8 Å². The predicted molar refractivity (Wildman–Crippen MR) is 51.7 cm³/mol. The Morgan fingerprint density at radius 1 is 1.64 bits per heavy atom. The van der Waals surface area contributed by atoms with E-state index in [-0.39, 0.29) is 17.9 Å². The van der Waals surface area contributed by atoms with Gasteiger partial charge in [0.05, 0.1) is 6.04 Å². The third-order valence-electron chi connectivity index (χ3n) is 2.28. The molecule has 1 aliphatic rings. The van der Waals surface area contributed by atoms with E-state index in [2.05, 4.69) is 0 Å². The summed E-state index contributed by atoms with van der Waals surface area (Å²) < 4.78 is 4.84. The lowest BCUT2D eigenvalue weighted by Crippen LogP contribution is -2.39. The van der Waals surface area contributed by atoms with Crippen LogP contribution in [0.15, 0.2) is 0 Å². The molecule has 0 radical (unpaired) electrons. The van der Waals surface area contributed by atoms with Crippen LogP contribution in [0.1, 0.15) is 33.6 Å². The first-order chi connectivity index (χ1) is 6.56. The molecule has 0 aromatic carbocycles. The highest BCUT2D eigenvalue weighted by Crippen LogP contribution is 2.17. The van der Waals surface area contributed by atoms with Crippen LogP contribution in [-0.4, -0.2) is 29.5 Å². The molecule has 0 spiro atoms. The highest BCUT2D eigenvalue weighted by atomic mass is 16.6. The molecule has 0 aliphatic carbocycles. The number of hydrogen-bond donors (Lipinski definition) is 0. The van der Waals surface area contributed by atoms with Gasteiger partial charge in [0.15, 0.2) is 0 Å². The summed E-state index contributed by atoms with van der Waals surface area (Å²) in [4.78, 5) is 24.2.